The van der Waals surface area contributed by atoms with Crippen LogP contribution in [0.3, 0.4) is 0 Å². The van der Waals surface area contributed by atoms with Crippen molar-refractivity contribution in [2.45, 2.75) is 19.4 Å². The topological polar surface area (TPSA) is 58.0 Å². The predicted octanol–water partition coefficient (Wildman–Crippen LogP) is 3.66. The highest BCUT2D eigenvalue weighted by molar-refractivity contribution is 5.89. The third-order valence-electron chi connectivity index (χ3n) is 3.55. The van der Waals surface area contributed by atoms with Crippen molar-refractivity contribution in [3.8, 4) is 5.75 Å². The molecule has 4 nitrogen and oxygen atoms in total. The maximum absolute atomic E-state index is 14.0. The van der Waals surface area contributed by atoms with Gasteiger partial charge in [0, 0.05) is 6.04 Å². The summed E-state index contributed by atoms with van der Waals surface area (Å²) in [5.74, 6) is -0.689. The molecular formula is C17H15F2N3O. The Hall–Kier alpha value is -2.76. The molecule has 0 spiro atoms. The van der Waals surface area contributed by atoms with E-state index in [4.69, 9.17) is 0 Å². The standard InChI is InChI=1S/C17H15F2N3O/c1-10(8-11-2-4-12(23)5-3-11)22-17-15-13(18)6-7-14(19)16(15)20-9-21-17/h2-7,9-10,23H,8H2,1H3,(H,20,21,22). The number of aromatic hydroxyl groups is 1. The summed E-state index contributed by atoms with van der Waals surface area (Å²) in [4.78, 5) is 7.84. The molecule has 3 aromatic rings. The molecule has 0 saturated heterocycles. The van der Waals surface area contributed by atoms with E-state index in [1.54, 1.807) is 12.1 Å². The number of hydrogen-bond acceptors (Lipinski definition) is 4. The van der Waals surface area contributed by atoms with Gasteiger partial charge in [0.1, 0.15) is 35.0 Å². The predicted molar refractivity (Wildman–Crippen MR) is 84.3 cm³/mol. The molecule has 0 aliphatic heterocycles. The van der Waals surface area contributed by atoms with Crippen LogP contribution in [0.5, 0.6) is 5.75 Å². The first-order chi connectivity index (χ1) is 11.0. The van der Waals surface area contributed by atoms with Crippen LogP contribution < -0.4 is 5.32 Å². The number of aromatic nitrogens is 2. The van der Waals surface area contributed by atoms with E-state index < -0.39 is 11.6 Å². The van der Waals surface area contributed by atoms with Gasteiger partial charge in [0.05, 0.1) is 5.39 Å². The summed E-state index contributed by atoms with van der Waals surface area (Å²) >= 11 is 0. The van der Waals surface area contributed by atoms with Crippen molar-refractivity contribution in [3.63, 3.8) is 0 Å². The number of benzene rings is 2. The fraction of sp³-hybridized carbons (Fsp3) is 0.176. The van der Waals surface area contributed by atoms with Crippen molar-refractivity contribution in [2.24, 2.45) is 0 Å². The van der Waals surface area contributed by atoms with Crippen molar-refractivity contribution in [2.75, 3.05) is 5.32 Å². The van der Waals surface area contributed by atoms with E-state index in [9.17, 15) is 13.9 Å². The molecule has 1 heterocycles. The summed E-state index contributed by atoms with van der Waals surface area (Å²) in [6.45, 7) is 1.91. The Kier molecular flexibility index (Phi) is 4.06. The van der Waals surface area contributed by atoms with Gasteiger partial charge in [-0.3, -0.25) is 0 Å². The second-order valence-corrected chi connectivity index (χ2v) is 5.39. The molecule has 1 aromatic heterocycles. The minimum atomic E-state index is -0.585. The number of rotatable bonds is 4. The van der Waals surface area contributed by atoms with Gasteiger partial charge in [-0.05, 0) is 43.2 Å². The van der Waals surface area contributed by atoms with Gasteiger partial charge >= 0.3 is 0 Å². The third kappa shape index (κ3) is 3.21. The Morgan fingerprint density at radius 3 is 2.48 bits per heavy atom. The maximum Gasteiger partial charge on any atom is 0.149 e. The second kappa shape index (κ2) is 6.16. The molecule has 0 aliphatic rings. The number of anilines is 1. The lowest BCUT2D eigenvalue weighted by Crippen LogP contribution is -2.19. The number of halogens is 2. The highest BCUT2D eigenvalue weighted by Crippen LogP contribution is 2.25. The molecular weight excluding hydrogens is 300 g/mol. The first-order valence-electron chi connectivity index (χ1n) is 7.18. The van der Waals surface area contributed by atoms with Crippen LogP contribution in [-0.4, -0.2) is 21.1 Å². The van der Waals surface area contributed by atoms with E-state index in [1.165, 1.54) is 6.33 Å². The van der Waals surface area contributed by atoms with Crippen LogP contribution in [0, 0.1) is 11.6 Å². The molecule has 0 saturated carbocycles. The van der Waals surface area contributed by atoms with Gasteiger partial charge in [-0.1, -0.05) is 12.1 Å². The molecule has 6 heteroatoms. The molecule has 3 rings (SSSR count). The highest BCUT2D eigenvalue weighted by Gasteiger charge is 2.14. The Balaban J connectivity index is 1.86. The van der Waals surface area contributed by atoms with Crippen molar-refractivity contribution in [1.82, 2.24) is 9.97 Å². The Bertz CT molecular complexity index is 837. The van der Waals surface area contributed by atoms with E-state index in [1.807, 2.05) is 19.1 Å². The molecule has 1 atom stereocenters. The van der Waals surface area contributed by atoms with E-state index in [0.717, 1.165) is 17.7 Å². The van der Waals surface area contributed by atoms with Gasteiger partial charge < -0.3 is 10.4 Å². The number of phenolic OH excluding ortho intramolecular Hbond substituents is 1. The lowest BCUT2D eigenvalue weighted by atomic mass is 10.1. The van der Waals surface area contributed by atoms with Crippen LogP contribution in [0.4, 0.5) is 14.6 Å². The summed E-state index contributed by atoms with van der Waals surface area (Å²) in [5, 5.41) is 12.4. The number of hydrogen-bond donors (Lipinski definition) is 2. The Morgan fingerprint density at radius 2 is 1.74 bits per heavy atom. The highest BCUT2D eigenvalue weighted by atomic mass is 19.1. The lowest BCUT2D eigenvalue weighted by molar-refractivity contribution is 0.475. The maximum atomic E-state index is 14.0. The van der Waals surface area contributed by atoms with E-state index in [2.05, 4.69) is 15.3 Å². The zero-order valence-corrected chi connectivity index (χ0v) is 12.4. The van der Waals surface area contributed by atoms with E-state index in [0.29, 0.717) is 6.42 Å². The SMILES string of the molecule is CC(Cc1ccc(O)cc1)Nc1ncnc2c(F)ccc(F)c12. The van der Waals surface area contributed by atoms with Crippen LogP contribution >= 0.6 is 0 Å². The van der Waals surface area contributed by atoms with Crippen molar-refractivity contribution in [1.29, 1.82) is 0 Å². The smallest absolute Gasteiger partial charge is 0.149 e. The Labute approximate surface area is 131 Å². The van der Waals surface area contributed by atoms with Gasteiger partial charge in [0.2, 0.25) is 0 Å². The molecule has 0 radical (unpaired) electrons. The summed E-state index contributed by atoms with van der Waals surface area (Å²) in [6.07, 6.45) is 1.85. The zero-order valence-electron chi connectivity index (χ0n) is 12.4. The van der Waals surface area contributed by atoms with E-state index >= 15 is 0 Å². The average Bonchev–Trinajstić information content (AvgIpc) is 2.53. The monoisotopic (exact) mass is 315 g/mol. The molecule has 0 bridgehead atoms. The molecule has 118 valence electrons. The number of phenols is 1. The molecule has 2 N–H and O–H groups in total. The normalized spacial score (nSPS) is 12.3. The number of nitrogens with one attached hydrogen (secondary N) is 1. The molecule has 0 amide bonds. The molecule has 23 heavy (non-hydrogen) atoms. The third-order valence-corrected chi connectivity index (χ3v) is 3.55. The molecule has 1 unspecified atom stereocenters. The summed E-state index contributed by atoms with van der Waals surface area (Å²) in [7, 11) is 0. The minimum Gasteiger partial charge on any atom is -0.508 e. The largest absolute Gasteiger partial charge is 0.508 e. The average molecular weight is 315 g/mol. The zero-order chi connectivity index (χ0) is 16.4. The van der Waals surface area contributed by atoms with Crippen LogP contribution in [0.1, 0.15) is 12.5 Å². The molecule has 0 aliphatic carbocycles. The molecule has 0 fully saturated rings. The van der Waals surface area contributed by atoms with Crippen LogP contribution in [0.25, 0.3) is 10.9 Å². The van der Waals surface area contributed by atoms with Crippen molar-refractivity contribution >= 4 is 16.7 Å². The van der Waals surface area contributed by atoms with Gasteiger partial charge in [0.25, 0.3) is 0 Å². The van der Waals surface area contributed by atoms with Gasteiger partial charge in [0.15, 0.2) is 0 Å². The number of nitrogens with zero attached hydrogens (tertiary/aromatic N) is 2. The van der Waals surface area contributed by atoms with Crippen LogP contribution in [0.15, 0.2) is 42.7 Å². The fourth-order valence-corrected chi connectivity index (χ4v) is 2.48. The second-order valence-electron chi connectivity index (χ2n) is 5.39. The summed E-state index contributed by atoms with van der Waals surface area (Å²) in [6, 6.07) is 8.89. The van der Waals surface area contributed by atoms with Crippen molar-refractivity contribution < 1.29 is 13.9 Å². The minimum absolute atomic E-state index is 0.0423. The Morgan fingerprint density at radius 1 is 1.04 bits per heavy atom. The fourth-order valence-electron chi connectivity index (χ4n) is 2.48. The first-order valence-corrected chi connectivity index (χ1v) is 7.18. The van der Waals surface area contributed by atoms with Gasteiger partial charge in [-0.25, -0.2) is 18.7 Å². The van der Waals surface area contributed by atoms with Gasteiger partial charge in [-0.15, -0.1) is 0 Å². The van der Waals surface area contributed by atoms with Crippen molar-refractivity contribution in [3.05, 3.63) is 59.9 Å². The number of fused-ring (bicyclic) bond motifs is 1. The first kappa shape index (κ1) is 15.1. The molecule has 2 aromatic carbocycles. The van der Waals surface area contributed by atoms with Crippen LogP contribution in [0.2, 0.25) is 0 Å². The van der Waals surface area contributed by atoms with E-state index in [-0.39, 0.29) is 28.5 Å². The summed E-state index contributed by atoms with van der Waals surface area (Å²) in [5.41, 5.74) is 0.965. The summed E-state index contributed by atoms with van der Waals surface area (Å²) < 4.78 is 27.8. The van der Waals surface area contributed by atoms with Crippen LogP contribution in [-0.2, 0) is 6.42 Å². The quantitative estimate of drug-likeness (QED) is 0.771. The lowest BCUT2D eigenvalue weighted by Gasteiger charge is -2.16. The van der Waals surface area contributed by atoms with Gasteiger partial charge in [-0.2, -0.15) is 0 Å².